The Bertz CT molecular complexity index is 968. The average Bonchev–Trinajstić information content (AvgIpc) is 2.66. The number of hydrogen-bond acceptors (Lipinski definition) is 6. The number of ether oxygens (including phenoxy) is 2. The van der Waals surface area contributed by atoms with E-state index >= 15 is 0 Å². The number of fused-ring (bicyclic) bond motifs is 1. The third-order valence-electron chi connectivity index (χ3n) is 4.31. The van der Waals surface area contributed by atoms with E-state index in [-0.39, 0.29) is 5.82 Å². The molecule has 0 saturated carbocycles. The molecule has 146 valence electrons. The molecule has 1 N–H and O–H groups in total. The smallest absolute Gasteiger partial charge is 0.163 e. The van der Waals surface area contributed by atoms with Gasteiger partial charge in [0.1, 0.15) is 25.8 Å². The Morgan fingerprint density at radius 1 is 1.14 bits per heavy atom. The normalized spacial score (nSPS) is 11.0. The van der Waals surface area contributed by atoms with Gasteiger partial charge in [-0.05, 0) is 38.7 Å². The molecule has 0 atom stereocenters. The van der Waals surface area contributed by atoms with Crippen LogP contribution in [0.1, 0.15) is 6.42 Å². The van der Waals surface area contributed by atoms with E-state index < -0.39 is 0 Å². The monoisotopic (exact) mass is 382 g/mol. The number of nitrogens with zero attached hydrogens (tertiary/aromatic N) is 3. The van der Waals surface area contributed by atoms with Crippen LogP contribution in [0.4, 0.5) is 15.9 Å². The summed E-state index contributed by atoms with van der Waals surface area (Å²) in [7, 11) is 7.49. The maximum atomic E-state index is 14.2. The minimum absolute atomic E-state index is 0.334. The van der Waals surface area contributed by atoms with Gasteiger partial charge in [-0.3, -0.25) is 0 Å². The molecule has 0 fully saturated rings. The first kappa shape index (κ1) is 19.9. The second-order valence-corrected chi connectivity index (χ2v) is 6.86. The molecule has 0 amide bonds. The number of nitrogens with one attached hydrogen (secondary N) is 1. The fourth-order valence-corrected chi connectivity index (χ4v) is 2.85. The maximum absolute atomic E-state index is 14.2. The van der Waals surface area contributed by atoms with Gasteiger partial charge in [0.2, 0.25) is 0 Å². The van der Waals surface area contributed by atoms with Crippen molar-refractivity contribution in [3.05, 3.63) is 42.5 Å². The molecule has 0 aliphatic carbocycles. The minimum Gasteiger partial charge on any atom is -0.493 e. The molecule has 1 heterocycles. The molecule has 3 rings (SSSR count). The topological polar surface area (TPSA) is 59.5 Å². The van der Waals surface area contributed by atoms with Crippen LogP contribution in [0.15, 0.2) is 36.7 Å². The number of aromatic nitrogens is 2. The van der Waals surface area contributed by atoms with Gasteiger partial charge in [-0.25, -0.2) is 14.4 Å². The van der Waals surface area contributed by atoms with Crippen molar-refractivity contribution in [2.24, 2.45) is 0 Å². The average molecular weight is 382 g/mol. The van der Waals surface area contributed by atoms with Gasteiger partial charge in [0.25, 0.3) is 0 Å². The lowest BCUT2D eigenvalue weighted by atomic mass is 9.96. The van der Waals surface area contributed by atoms with Crippen LogP contribution >= 0.6 is 0 Å². The first-order chi connectivity index (χ1) is 13.5. The van der Waals surface area contributed by atoms with E-state index in [2.05, 4.69) is 20.2 Å². The van der Waals surface area contributed by atoms with Crippen LogP contribution in [0.25, 0.3) is 10.9 Å². The van der Waals surface area contributed by atoms with Crippen molar-refractivity contribution in [1.29, 1.82) is 0 Å². The maximum Gasteiger partial charge on any atom is 0.163 e. The van der Waals surface area contributed by atoms with Crippen LogP contribution in [-0.2, 0) is 0 Å². The Labute approximate surface area is 165 Å². The molecule has 0 aliphatic rings. The number of benzene rings is 2. The van der Waals surface area contributed by atoms with Crippen LogP contribution in [0.3, 0.4) is 0 Å². The van der Waals surface area contributed by atoms with E-state index in [9.17, 15) is 4.39 Å². The molecule has 0 aliphatic heterocycles. The molecule has 8 heteroatoms. The summed E-state index contributed by atoms with van der Waals surface area (Å²) in [6, 6.07) is 8.65. The second-order valence-electron chi connectivity index (χ2n) is 6.86. The van der Waals surface area contributed by atoms with Gasteiger partial charge in [-0.15, -0.1) is 0 Å². The van der Waals surface area contributed by atoms with E-state index in [1.807, 2.05) is 40.1 Å². The largest absolute Gasteiger partial charge is 0.493 e. The van der Waals surface area contributed by atoms with Crippen LogP contribution in [-0.4, -0.2) is 57.1 Å². The van der Waals surface area contributed by atoms with Crippen molar-refractivity contribution >= 4 is 35.7 Å². The van der Waals surface area contributed by atoms with Gasteiger partial charge in [0.05, 0.1) is 24.9 Å². The Balaban J connectivity index is 1.89. The first-order valence-corrected chi connectivity index (χ1v) is 9.11. The summed E-state index contributed by atoms with van der Waals surface area (Å²) in [5, 5.41) is 3.77. The number of rotatable bonds is 8. The van der Waals surface area contributed by atoms with Gasteiger partial charge in [0, 0.05) is 18.0 Å². The quantitative estimate of drug-likeness (QED) is 0.476. The summed E-state index contributed by atoms with van der Waals surface area (Å²) in [5.41, 5.74) is 1.90. The SMILES string of the molecule is Bc1ccc(Nc2ncnc3cc(OCCCN(C)C)c(OC)cc23)c(F)c1. The van der Waals surface area contributed by atoms with Crippen molar-refractivity contribution in [3.63, 3.8) is 0 Å². The fraction of sp³-hybridized carbons (Fsp3) is 0.300. The zero-order valence-corrected chi connectivity index (χ0v) is 16.6. The van der Waals surface area contributed by atoms with Gasteiger partial charge >= 0.3 is 0 Å². The van der Waals surface area contributed by atoms with E-state index in [0.717, 1.165) is 23.8 Å². The number of anilines is 2. The molecule has 0 bridgehead atoms. The molecule has 0 saturated heterocycles. The zero-order valence-electron chi connectivity index (χ0n) is 16.6. The fourth-order valence-electron chi connectivity index (χ4n) is 2.85. The highest BCUT2D eigenvalue weighted by Gasteiger charge is 2.13. The van der Waals surface area contributed by atoms with Crippen molar-refractivity contribution in [2.75, 3.05) is 39.7 Å². The molecular formula is C20H24BFN4O2. The van der Waals surface area contributed by atoms with Gasteiger partial charge < -0.3 is 19.7 Å². The molecule has 0 unspecified atom stereocenters. The Morgan fingerprint density at radius 2 is 1.96 bits per heavy atom. The highest BCUT2D eigenvalue weighted by atomic mass is 19.1. The van der Waals surface area contributed by atoms with Crippen molar-refractivity contribution in [3.8, 4) is 11.5 Å². The first-order valence-electron chi connectivity index (χ1n) is 9.11. The molecule has 1 aromatic heterocycles. The summed E-state index contributed by atoms with van der Waals surface area (Å²) in [4.78, 5) is 10.7. The van der Waals surface area contributed by atoms with E-state index in [4.69, 9.17) is 9.47 Å². The van der Waals surface area contributed by atoms with Gasteiger partial charge in [-0.1, -0.05) is 11.5 Å². The zero-order chi connectivity index (χ0) is 20.1. The van der Waals surface area contributed by atoms with Crippen LogP contribution < -0.4 is 20.3 Å². The summed E-state index contributed by atoms with van der Waals surface area (Å²) >= 11 is 0. The van der Waals surface area contributed by atoms with E-state index in [0.29, 0.717) is 35.1 Å². The van der Waals surface area contributed by atoms with Gasteiger partial charge in [-0.2, -0.15) is 0 Å². The summed E-state index contributed by atoms with van der Waals surface area (Å²) < 4.78 is 25.6. The second kappa shape index (κ2) is 8.88. The van der Waals surface area contributed by atoms with E-state index in [1.165, 1.54) is 12.4 Å². The molecule has 2 aromatic carbocycles. The molecular weight excluding hydrogens is 358 g/mol. The summed E-state index contributed by atoms with van der Waals surface area (Å²) in [6.07, 6.45) is 2.34. The lowest BCUT2D eigenvalue weighted by Crippen LogP contribution is -2.15. The van der Waals surface area contributed by atoms with Crippen LogP contribution in [0.5, 0.6) is 11.5 Å². The Kier molecular flexibility index (Phi) is 6.31. The molecule has 28 heavy (non-hydrogen) atoms. The van der Waals surface area contributed by atoms with Gasteiger partial charge in [0.15, 0.2) is 11.5 Å². The van der Waals surface area contributed by atoms with E-state index in [1.54, 1.807) is 13.2 Å². The minimum atomic E-state index is -0.334. The predicted molar refractivity (Wildman–Crippen MR) is 113 cm³/mol. The molecule has 3 aromatic rings. The lowest BCUT2D eigenvalue weighted by molar-refractivity contribution is 0.268. The van der Waals surface area contributed by atoms with Crippen molar-refractivity contribution in [1.82, 2.24) is 14.9 Å². The number of methoxy groups -OCH3 is 1. The van der Waals surface area contributed by atoms with Crippen molar-refractivity contribution in [2.45, 2.75) is 6.42 Å². The number of halogens is 1. The third-order valence-corrected chi connectivity index (χ3v) is 4.31. The molecule has 0 radical (unpaired) electrons. The highest BCUT2D eigenvalue weighted by Crippen LogP contribution is 2.35. The van der Waals surface area contributed by atoms with Crippen molar-refractivity contribution < 1.29 is 13.9 Å². The van der Waals surface area contributed by atoms with Crippen LogP contribution in [0.2, 0.25) is 0 Å². The number of hydrogen-bond donors (Lipinski definition) is 1. The predicted octanol–water partition coefficient (Wildman–Crippen LogP) is 2.11. The Morgan fingerprint density at radius 3 is 2.68 bits per heavy atom. The lowest BCUT2D eigenvalue weighted by Gasteiger charge is -2.15. The third kappa shape index (κ3) is 4.70. The van der Waals surface area contributed by atoms with Crippen LogP contribution in [0, 0.1) is 5.82 Å². The molecule has 0 spiro atoms. The Hall–Kier alpha value is -2.87. The summed E-state index contributed by atoms with van der Waals surface area (Å²) in [6.45, 7) is 1.51. The standard InChI is InChI=1S/C20H24BFN4O2/c1-26(2)7-4-8-28-19-11-17-14(10-18(19)27-3)20(24-12-23-17)25-16-6-5-13(21)9-15(16)22/h5-6,9-12H,4,7-8,21H2,1-3H3,(H,23,24,25). The highest BCUT2D eigenvalue weighted by molar-refractivity contribution is 6.32. The molecule has 6 nitrogen and oxygen atoms in total. The summed E-state index contributed by atoms with van der Waals surface area (Å²) in [5.74, 6) is 1.38.